The Morgan fingerprint density at radius 2 is 1.50 bits per heavy atom. The van der Waals surface area contributed by atoms with E-state index in [1.54, 1.807) is 0 Å². The summed E-state index contributed by atoms with van der Waals surface area (Å²) >= 11 is 0. The van der Waals surface area contributed by atoms with Crippen LogP contribution in [0.2, 0.25) is 0 Å². The molecule has 0 spiro atoms. The summed E-state index contributed by atoms with van der Waals surface area (Å²) in [5.74, 6) is -0.209. The third-order valence-electron chi connectivity index (χ3n) is 3.67. The van der Waals surface area contributed by atoms with Crippen molar-refractivity contribution in [2.75, 3.05) is 5.32 Å². The Bertz CT molecular complexity index is 651. The van der Waals surface area contributed by atoms with Crippen molar-refractivity contribution < 1.29 is 9.59 Å². The predicted molar refractivity (Wildman–Crippen MR) is 85.1 cm³/mol. The molecule has 1 atom stereocenters. The van der Waals surface area contributed by atoms with Crippen LogP contribution in [0.25, 0.3) is 0 Å². The second-order valence-electron chi connectivity index (χ2n) is 5.48. The number of rotatable bonds is 5. The van der Waals surface area contributed by atoms with Crippen LogP contribution in [-0.4, -0.2) is 11.8 Å². The first-order valence-electron chi connectivity index (χ1n) is 7.45. The fourth-order valence-electron chi connectivity index (χ4n) is 2.29. The first-order chi connectivity index (χ1) is 10.7. The van der Waals surface area contributed by atoms with Gasteiger partial charge in [-0.05, 0) is 30.5 Å². The van der Waals surface area contributed by atoms with E-state index >= 15 is 0 Å². The fraction of sp³-hybridized carbons (Fsp3) is 0.222. The standard InChI is InChI=1S/C18H18N2O2/c21-17(14-11-12-14)20-16(13-7-3-1-4-8-13)18(22)19-15-9-5-2-6-10-15/h1-10,14,16H,11-12H2,(H,19,22)(H,20,21)/t16-/m0/s1. The highest BCUT2D eigenvalue weighted by Gasteiger charge is 2.33. The van der Waals surface area contributed by atoms with E-state index in [9.17, 15) is 9.59 Å². The summed E-state index contributed by atoms with van der Waals surface area (Å²) in [4.78, 5) is 24.6. The number of anilines is 1. The molecule has 1 fully saturated rings. The molecule has 2 aromatic rings. The van der Waals surface area contributed by atoms with E-state index in [-0.39, 0.29) is 17.7 Å². The van der Waals surface area contributed by atoms with Gasteiger partial charge in [-0.1, -0.05) is 48.5 Å². The number of benzene rings is 2. The molecule has 1 saturated carbocycles. The Labute approximate surface area is 129 Å². The molecule has 1 aliphatic rings. The van der Waals surface area contributed by atoms with E-state index < -0.39 is 6.04 Å². The molecule has 0 heterocycles. The molecule has 4 heteroatoms. The van der Waals surface area contributed by atoms with Gasteiger partial charge in [0.15, 0.2) is 0 Å². The van der Waals surface area contributed by atoms with E-state index in [2.05, 4.69) is 10.6 Å². The van der Waals surface area contributed by atoms with Gasteiger partial charge in [0.05, 0.1) is 0 Å². The maximum absolute atomic E-state index is 12.6. The SMILES string of the molecule is O=C(N[C@H](C(=O)Nc1ccccc1)c1ccccc1)C1CC1. The maximum Gasteiger partial charge on any atom is 0.251 e. The van der Waals surface area contributed by atoms with E-state index in [1.165, 1.54) is 0 Å². The van der Waals surface area contributed by atoms with Crippen LogP contribution in [0.5, 0.6) is 0 Å². The number of nitrogens with one attached hydrogen (secondary N) is 2. The number of para-hydroxylation sites is 1. The van der Waals surface area contributed by atoms with E-state index in [0.717, 1.165) is 18.4 Å². The zero-order valence-corrected chi connectivity index (χ0v) is 12.2. The normalized spacial score (nSPS) is 14.9. The molecular weight excluding hydrogens is 276 g/mol. The minimum absolute atomic E-state index is 0.0444. The van der Waals surface area contributed by atoms with E-state index in [1.807, 2.05) is 60.7 Å². The molecule has 0 aliphatic heterocycles. The van der Waals surface area contributed by atoms with Crippen molar-refractivity contribution in [2.24, 2.45) is 5.92 Å². The van der Waals surface area contributed by atoms with Crippen LogP contribution in [0.3, 0.4) is 0 Å². The number of amides is 2. The lowest BCUT2D eigenvalue weighted by atomic mass is 10.1. The lowest BCUT2D eigenvalue weighted by Crippen LogP contribution is -2.37. The van der Waals surface area contributed by atoms with Crippen molar-refractivity contribution in [1.82, 2.24) is 5.32 Å². The molecule has 112 valence electrons. The Balaban J connectivity index is 1.77. The third-order valence-corrected chi connectivity index (χ3v) is 3.67. The Hall–Kier alpha value is -2.62. The van der Waals surface area contributed by atoms with Gasteiger partial charge in [0, 0.05) is 11.6 Å². The van der Waals surface area contributed by atoms with Crippen molar-refractivity contribution in [3.05, 3.63) is 66.2 Å². The Kier molecular flexibility index (Phi) is 4.19. The quantitative estimate of drug-likeness (QED) is 0.891. The van der Waals surface area contributed by atoms with Crippen LogP contribution in [0.1, 0.15) is 24.4 Å². The summed E-state index contributed by atoms with van der Waals surface area (Å²) in [6, 6.07) is 17.9. The molecule has 3 rings (SSSR count). The molecule has 0 aromatic heterocycles. The van der Waals surface area contributed by atoms with E-state index in [0.29, 0.717) is 5.69 Å². The largest absolute Gasteiger partial charge is 0.340 e. The topological polar surface area (TPSA) is 58.2 Å². The molecule has 2 N–H and O–H groups in total. The third kappa shape index (κ3) is 3.52. The highest BCUT2D eigenvalue weighted by atomic mass is 16.2. The molecule has 0 radical (unpaired) electrons. The Morgan fingerprint density at radius 1 is 0.909 bits per heavy atom. The second kappa shape index (κ2) is 6.43. The molecule has 4 nitrogen and oxygen atoms in total. The van der Waals surface area contributed by atoms with Crippen LogP contribution < -0.4 is 10.6 Å². The number of carbonyl (C=O) groups excluding carboxylic acids is 2. The smallest absolute Gasteiger partial charge is 0.251 e. The molecule has 0 unspecified atom stereocenters. The minimum atomic E-state index is -0.672. The van der Waals surface area contributed by atoms with Gasteiger partial charge >= 0.3 is 0 Å². The molecule has 1 aliphatic carbocycles. The number of hydrogen-bond donors (Lipinski definition) is 2. The van der Waals surface area contributed by atoms with Crippen LogP contribution in [0, 0.1) is 5.92 Å². The van der Waals surface area contributed by atoms with Crippen LogP contribution >= 0.6 is 0 Å². The molecule has 0 saturated heterocycles. The van der Waals surface area contributed by atoms with Crippen molar-refractivity contribution in [2.45, 2.75) is 18.9 Å². The van der Waals surface area contributed by atoms with E-state index in [4.69, 9.17) is 0 Å². The van der Waals surface area contributed by atoms with Gasteiger partial charge in [0.1, 0.15) is 6.04 Å². The average molecular weight is 294 g/mol. The lowest BCUT2D eigenvalue weighted by molar-refractivity contribution is -0.127. The zero-order chi connectivity index (χ0) is 15.4. The summed E-state index contributed by atoms with van der Waals surface area (Å²) < 4.78 is 0. The molecule has 2 aromatic carbocycles. The van der Waals surface area contributed by atoms with Gasteiger partial charge in [-0.2, -0.15) is 0 Å². The van der Waals surface area contributed by atoms with Gasteiger partial charge in [-0.25, -0.2) is 0 Å². The first kappa shape index (κ1) is 14.3. The predicted octanol–water partition coefficient (Wildman–Crippen LogP) is 2.89. The minimum Gasteiger partial charge on any atom is -0.340 e. The zero-order valence-electron chi connectivity index (χ0n) is 12.2. The van der Waals surface area contributed by atoms with Gasteiger partial charge in [0.2, 0.25) is 5.91 Å². The number of hydrogen-bond acceptors (Lipinski definition) is 2. The monoisotopic (exact) mass is 294 g/mol. The van der Waals surface area contributed by atoms with Gasteiger partial charge in [-0.3, -0.25) is 9.59 Å². The molecule has 22 heavy (non-hydrogen) atoms. The summed E-state index contributed by atoms with van der Waals surface area (Å²) in [6.07, 6.45) is 1.82. The molecule has 2 amide bonds. The Morgan fingerprint density at radius 3 is 2.09 bits per heavy atom. The van der Waals surface area contributed by atoms with Crippen molar-refractivity contribution in [3.63, 3.8) is 0 Å². The van der Waals surface area contributed by atoms with Crippen molar-refractivity contribution in [3.8, 4) is 0 Å². The second-order valence-corrected chi connectivity index (χ2v) is 5.48. The summed E-state index contributed by atoms with van der Waals surface area (Å²) in [5, 5.41) is 5.72. The van der Waals surface area contributed by atoms with Gasteiger partial charge in [0.25, 0.3) is 5.91 Å². The highest BCUT2D eigenvalue weighted by Crippen LogP contribution is 2.30. The molecule has 0 bridgehead atoms. The molecular formula is C18H18N2O2. The average Bonchev–Trinajstić information content (AvgIpc) is 3.39. The fourth-order valence-corrected chi connectivity index (χ4v) is 2.29. The van der Waals surface area contributed by atoms with Crippen molar-refractivity contribution >= 4 is 17.5 Å². The first-order valence-corrected chi connectivity index (χ1v) is 7.45. The van der Waals surface area contributed by atoms with Gasteiger partial charge < -0.3 is 10.6 Å². The van der Waals surface area contributed by atoms with Gasteiger partial charge in [-0.15, -0.1) is 0 Å². The summed E-state index contributed by atoms with van der Waals surface area (Å²) in [7, 11) is 0. The maximum atomic E-state index is 12.6. The van der Waals surface area contributed by atoms with Crippen LogP contribution in [-0.2, 0) is 9.59 Å². The van der Waals surface area contributed by atoms with Crippen molar-refractivity contribution in [1.29, 1.82) is 0 Å². The van der Waals surface area contributed by atoms with Crippen LogP contribution in [0.15, 0.2) is 60.7 Å². The summed E-state index contributed by atoms with van der Waals surface area (Å²) in [6.45, 7) is 0. The van der Waals surface area contributed by atoms with Crippen LogP contribution in [0.4, 0.5) is 5.69 Å². The number of carbonyl (C=O) groups is 2. The lowest BCUT2D eigenvalue weighted by Gasteiger charge is -2.19. The summed E-state index contributed by atoms with van der Waals surface area (Å²) in [5.41, 5.74) is 1.50. The highest BCUT2D eigenvalue weighted by molar-refractivity contribution is 5.98.